The number of benzene rings is 1. The summed E-state index contributed by atoms with van der Waals surface area (Å²) in [5.41, 5.74) is 3.42. The number of nitrogens with one attached hydrogen (secondary N) is 1. The molecule has 1 aliphatic rings. The lowest BCUT2D eigenvalue weighted by Crippen LogP contribution is -2.17. The summed E-state index contributed by atoms with van der Waals surface area (Å²) in [6, 6.07) is 7.69. The third-order valence-corrected chi connectivity index (χ3v) is 5.67. The van der Waals surface area contributed by atoms with Gasteiger partial charge in [-0.05, 0) is 37.0 Å². The van der Waals surface area contributed by atoms with Crippen LogP contribution in [0.5, 0.6) is 17.2 Å². The summed E-state index contributed by atoms with van der Waals surface area (Å²) in [7, 11) is 4.80. The van der Waals surface area contributed by atoms with Gasteiger partial charge in [0.15, 0.2) is 17.1 Å². The van der Waals surface area contributed by atoms with E-state index in [9.17, 15) is 0 Å². The Morgan fingerprint density at radius 1 is 1.00 bits per heavy atom. The first-order valence-electron chi connectivity index (χ1n) is 10.2. The molecule has 4 rings (SSSR count). The highest BCUT2D eigenvalue weighted by atomic mass is 16.5. The number of hydrogen-bond acceptors (Lipinski definition) is 6. The predicted molar refractivity (Wildman–Crippen MR) is 114 cm³/mol. The maximum Gasteiger partial charge on any atom is 0.203 e. The number of ether oxygens (including phenoxy) is 3. The first kappa shape index (κ1) is 19.4. The fraction of sp³-hybridized carbons (Fsp3) is 0.435. The zero-order valence-corrected chi connectivity index (χ0v) is 17.3. The van der Waals surface area contributed by atoms with Gasteiger partial charge < -0.3 is 23.9 Å². The van der Waals surface area contributed by atoms with E-state index in [1.165, 1.54) is 32.1 Å². The minimum atomic E-state index is 0.558. The zero-order valence-electron chi connectivity index (χ0n) is 17.3. The van der Waals surface area contributed by atoms with E-state index in [4.69, 9.17) is 18.6 Å². The Morgan fingerprint density at radius 3 is 2.38 bits per heavy atom. The maximum absolute atomic E-state index is 6.22. The summed E-state index contributed by atoms with van der Waals surface area (Å²) in [6.45, 7) is 0.972. The van der Waals surface area contributed by atoms with E-state index >= 15 is 0 Å². The van der Waals surface area contributed by atoms with Crippen LogP contribution < -0.4 is 19.5 Å². The molecule has 0 spiro atoms. The Balaban J connectivity index is 1.65. The molecule has 2 heterocycles. The molecular weight excluding hydrogens is 368 g/mol. The van der Waals surface area contributed by atoms with Crippen molar-refractivity contribution in [3.63, 3.8) is 0 Å². The van der Waals surface area contributed by atoms with Gasteiger partial charge in [0.05, 0.1) is 27.0 Å². The van der Waals surface area contributed by atoms with E-state index in [-0.39, 0.29) is 0 Å². The van der Waals surface area contributed by atoms with Crippen molar-refractivity contribution in [2.45, 2.75) is 32.1 Å². The molecule has 1 fully saturated rings. The van der Waals surface area contributed by atoms with Crippen LogP contribution in [0.15, 0.2) is 34.9 Å². The summed E-state index contributed by atoms with van der Waals surface area (Å²) >= 11 is 0. The molecule has 0 atom stereocenters. The van der Waals surface area contributed by atoms with Crippen molar-refractivity contribution in [2.75, 3.05) is 33.2 Å². The molecule has 0 aliphatic heterocycles. The number of furan rings is 1. The molecule has 29 heavy (non-hydrogen) atoms. The molecule has 6 nitrogen and oxygen atoms in total. The number of nitrogens with zero attached hydrogens (tertiary/aromatic N) is 1. The fourth-order valence-corrected chi connectivity index (χ4v) is 4.09. The average Bonchev–Trinajstić information content (AvgIpc) is 3.22. The van der Waals surface area contributed by atoms with Gasteiger partial charge in [-0.15, -0.1) is 0 Å². The van der Waals surface area contributed by atoms with Crippen molar-refractivity contribution < 1.29 is 18.6 Å². The molecule has 1 aromatic carbocycles. The van der Waals surface area contributed by atoms with Gasteiger partial charge in [-0.2, -0.15) is 0 Å². The van der Waals surface area contributed by atoms with Crippen LogP contribution in [0.25, 0.3) is 22.4 Å². The van der Waals surface area contributed by atoms with Crippen LogP contribution in [0, 0.1) is 5.92 Å². The number of methoxy groups -OCH3 is 3. The number of fused-ring (bicyclic) bond motifs is 1. The van der Waals surface area contributed by atoms with Crippen LogP contribution in [-0.4, -0.2) is 32.9 Å². The van der Waals surface area contributed by atoms with E-state index in [0.717, 1.165) is 34.8 Å². The van der Waals surface area contributed by atoms with Gasteiger partial charge in [0.2, 0.25) is 5.75 Å². The van der Waals surface area contributed by atoms with Crippen molar-refractivity contribution >= 4 is 16.8 Å². The number of rotatable bonds is 7. The molecule has 2 aromatic heterocycles. The largest absolute Gasteiger partial charge is 0.493 e. The Bertz CT molecular complexity index is 951. The van der Waals surface area contributed by atoms with Crippen molar-refractivity contribution in [3.05, 3.63) is 30.5 Å². The number of anilines is 1. The number of pyridine rings is 1. The van der Waals surface area contributed by atoms with Gasteiger partial charge in [-0.3, -0.25) is 4.98 Å². The van der Waals surface area contributed by atoms with Crippen LogP contribution >= 0.6 is 0 Å². The maximum atomic E-state index is 6.22. The van der Waals surface area contributed by atoms with Crippen LogP contribution in [-0.2, 0) is 0 Å². The van der Waals surface area contributed by atoms with Crippen molar-refractivity contribution in [3.8, 4) is 28.6 Å². The van der Waals surface area contributed by atoms with Crippen molar-refractivity contribution in [1.82, 2.24) is 4.98 Å². The molecule has 1 saturated carbocycles. The Morgan fingerprint density at radius 2 is 1.72 bits per heavy atom. The Labute approximate surface area is 171 Å². The lowest BCUT2D eigenvalue weighted by atomic mass is 9.89. The molecule has 3 aromatic rings. The smallest absolute Gasteiger partial charge is 0.203 e. The predicted octanol–water partition coefficient (Wildman–Crippen LogP) is 5.51. The Hall–Kier alpha value is -2.89. The molecule has 6 heteroatoms. The average molecular weight is 396 g/mol. The monoisotopic (exact) mass is 396 g/mol. The van der Waals surface area contributed by atoms with E-state index in [1.807, 2.05) is 30.5 Å². The quantitative estimate of drug-likeness (QED) is 0.568. The summed E-state index contributed by atoms with van der Waals surface area (Å²) in [5, 5.41) is 3.58. The van der Waals surface area contributed by atoms with Gasteiger partial charge >= 0.3 is 0 Å². The van der Waals surface area contributed by atoms with Gasteiger partial charge in [0.1, 0.15) is 11.3 Å². The molecule has 0 bridgehead atoms. The van der Waals surface area contributed by atoms with E-state index in [2.05, 4.69) is 10.3 Å². The van der Waals surface area contributed by atoms with Crippen LogP contribution in [0.4, 0.5) is 5.69 Å². The summed E-state index contributed by atoms with van der Waals surface area (Å²) in [4.78, 5) is 4.48. The lowest BCUT2D eigenvalue weighted by molar-refractivity contribution is 0.324. The van der Waals surface area contributed by atoms with Gasteiger partial charge in [-0.25, -0.2) is 0 Å². The second-order valence-corrected chi connectivity index (χ2v) is 7.48. The first-order valence-corrected chi connectivity index (χ1v) is 10.2. The molecular formula is C23H28N2O4. The standard InChI is InChI=1S/C23H28N2O4/c1-26-20-11-16(12-21(27-2)23(20)28-3)19-13-18-22(29-19)17(9-10-24-18)25-14-15-7-5-4-6-8-15/h9-13,15H,4-8,14H2,1-3H3,(H,24,25). The number of aromatic nitrogens is 1. The zero-order chi connectivity index (χ0) is 20.2. The molecule has 0 radical (unpaired) electrons. The van der Waals surface area contributed by atoms with E-state index in [1.54, 1.807) is 21.3 Å². The van der Waals surface area contributed by atoms with Gasteiger partial charge in [0, 0.05) is 24.4 Å². The SMILES string of the molecule is COc1cc(-c2cc3nccc(NCC4CCCCC4)c3o2)cc(OC)c1OC. The third kappa shape index (κ3) is 3.97. The molecule has 154 valence electrons. The van der Waals surface area contributed by atoms with Crippen molar-refractivity contribution in [2.24, 2.45) is 5.92 Å². The summed E-state index contributed by atoms with van der Waals surface area (Å²) in [5.74, 6) is 3.18. The second kappa shape index (κ2) is 8.64. The lowest BCUT2D eigenvalue weighted by Gasteiger charge is -2.22. The van der Waals surface area contributed by atoms with Crippen LogP contribution in [0.2, 0.25) is 0 Å². The minimum absolute atomic E-state index is 0.558. The number of hydrogen-bond donors (Lipinski definition) is 1. The summed E-state index contributed by atoms with van der Waals surface area (Å²) < 4.78 is 22.6. The van der Waals surface area contributed by atoms with Gasteiger partial charge in [-0.1, -0.05) is 19.3 Å². The molecule has 0 unspecified atom stereocenters. The molecule has 0 saturated heterocycles. The van der Waals surface area contributed by atoms with E-state index < -0.39 is 0 Å². The summed E-state index contributed by atoms with van der Waals surface area (Å²) in [6.07, 6.45) is 8.47. The Kier molecular flexibility index (Phi) is 5.79. The fourth-order valence-electron chi connectivity index (χ4n) is 4.09. The molecule has 1 aliphatic carbocycles. The van der Waals surface area contributed by atoms with E-state index in [0.29, 0.717) is 23.0 Å². The molecule has 0 amide bonds. The highest BCUT2D eigenvalue weighted by Gasteiger charge is 2.18. The second-order valence-electron chi connectivity index (χ2n) is 7.48. The third-order valence-electron chi connectivity index (χ3n) is 5.67. The molecule has 1 N–H and O–H groups in total. The van der Waals surface area contributed by atoms with Crippen LogP contribution in [0.1, 0.15) is 32.1 Å². The van der Waals surface area contributed by atoms with Crippen molar-refractivity contribution in [1.29, 1.82) is 0 Å². The highest BCUT2D eigenvalue weighted by molar-refractivity contribution is 5.89. The first-order chi connectivity index (χ1) is 14.2. The normalized spacial score (nSPS) is 14.7. The minimum Gasteiger partial charge on any atom is -0.493 e. The van der Waals surface area contributed by atoms with Crippen LogP contribution in [0.3, 0.4) is 0 Å². The van der Waals surface area contributed by atoms with Gasteiger partial charge in [0.25, 0.3) is 0 Å². The topological polar surface area (TPSA) is 65.8 Å². The highest BCUT2D eigenvalue weighted by Crippen LogP contribution is 2.42.